The molecule has 0 radical (unpaired) electrons. The van der Waals surface area contributed by atoms with Crippen molar-refractivity contribution in [2.24, 2.45) is 0 Å². The molecule has 0 spiro atoms. The van der Waals surface area contributed by atoms with Crippen LogP contribution in [-0.2, 0) is 0 Å². The summed E-state index contributed by atoms with van der Waals surface area (Å²) in [5.74, 6) is 1.68. The van der Waals surface area contributed by atoms with Gasteiger partial charge in [0.2, 0.25) is 0 Å². The lowest BCUT2D eigenvalue weighted by Crippen LogP contribution is -2.08. The van der Waals surface area contributed by atoms with Crippen molar-refractivity contribution in [3.05, 3.63) is 29.3 Å². The fraction of sp³-hybridized carbons (Fsp3) is 0.500. The fourth-order valence-electron chi connectivity index (χ4n) is 2.09. The molecule has 0 saturated carbocycles. The van der Waals surface area contributed by atoms with Crippen LogP contribution in [0.15, 0.2) is 18.2 Å². The van der Waals surface area contributed by atoms with E-state index >= 15 is 0 Å². The lowest BCUT2D eigenvalue weighted by atomic mass is 9.96. The molecule has 0 amide bonds. The first-order valence-corrected chi connectivity index (χ1v) is 5.16. The molecule has 2 nitrogen and oxygen atoms in total. The Balaban J connectivity index is 0.00000112. The maximum absolute atomic E-state index is 5.25. The number of ether oxygens (including phenoxy) is 1. The van der Waals surface area contributed by atoms with E-state index < -0.39 is 0 Å². The van der Waals surface area contributed by atoms with Gasteiger partial charge < -0.3 is 10.1 Å². The highest BCUT2D eigenvalue weighted by atomic mass is 35.5. The summed E-state index contributed by atoms with van der Waals surface area (Å²) in [5, 5.41) is 3.39. The number of hydrogen-bond donors (Lipinski definition) is 1. The van der Waals surface area contributed by atoms with Gasteiger partial charge in [-0.25, -0.2) is 0 Å². The Hall–Kier alpha value is -0.730. The average Bonchev–Trinajstić information content (AvgIpc) is 2.70. The zero-order valence-corrected chi connectivity index (χ0v) is 10.1. The highest BCUT2D eigenvalue weighted by Gasteiger charge is 2.16. The molecule has 0 aromatic heterocycles. The molecule has 15 heavy (non-hydrogen) atoms. The molecule has 1 aliphatic rings. The normalized spacial score (nSPS) is 19.7. The van der Waals surface area contributed by atoms with Gasteiger partial charge in [-0.15, -0.1) is 12.4 Å². The van der Waals surface area contributed by atoms with Crippen molar-refractivity contribution in [1.82, 2.24) is 5.32 Å². The fourth-order valence-corrected chi connectivity index (χ4v) is 2.09. The van der Waals surface area contributed by atoms with Crippen molar-refractivity contribution in [2.45, 2.75) is 19.3 Å². The average molecular weight is 228 g/mol. The molecule has 84 valence electrons. The van der Waals surface area contributed by atoms with E-state index in [0.29, 0.717) is 5.92 Å². The van der Waals surface area contributed by atoms with Crippen LogP contribution in [0.4, 0.5) is 0 Å². The summed E-state index contributed by atoms with van der Waals surface area (Å²) in [7, 11) is 1.72. The summed E-state index contributed by atoms with van der Waals surface area (Å²) in [6.07, 6.45) is 1.26. The van der Waals surface area contributed by atoms with E-state index in [-0.39, 0.29) is 12.4 Å². The van der Waals surface area contributed by atoms with Crippen molar-refractivity contribution in [2.75, 3.05) is 20.2 Å². The summed E-state index contributed by atoms with van der Waals surface area (Å²) in [5.41, 5.74) is 2.67. The predicted octanol–water partition coefficient (Wildman–Crippen LogP) is 2.50. The first-order valence-electron chi connectivity index (χ1n) is 5.16. The lowest BCUT2D eigenvalue weighted by Gasteiger charge is -2.11. The van der Waals surface area contributed by atoms with Gasteiger partial charge in [-0.05, 0) is 43.0 Å². The lowest BCUT2D eigenvalue weighted by molar-refractivity contribution is 0.411. The van der Waals surface area contributed by atoms with Crippen LogP contribution >= 0.6 is 12.4 Å². The summed E-state index contributed by atoms with van der Waals surface area (Å²) in [4.78, 5) is 0. The van der Waals surface area contributed by atoms with Crippen LogP contribution < -0.4 is 10.1 Å². The minimum Gasteiger partial charge on any atom is -0.496 e. The number of rotatable bonds is 2. The third-order valence-electron chi connectivity index (χ3n) is 2.95. The first kappa shape index (κ1) is 12.3. The molecule has 1 aliphatic heterocycles. The van der Waals surface area contributed by atoms with E-state index in [2.05, 4.69) is 30.4 Å². The molecule has 1 aromatic carbocycles. The number of methoxy groups -OCH3 is 1. The largest absolute Gasteiger partial charge is 0.496 e. The van der Waals surface area contributed by atoms with Gasteiger partial charge in [0.1, 0.15) is 5.75 Å². The van der Waals surface area contributed by atoms with E-state index in [1.54, 1.807) is 7.11 Å². The maximum atomic E-state index is 5.25. The van der Waals surface area contributed by atoms with Crippen LogP contribution in [0, 0.1) is 6.92 Å². The molecule has 0 aliphatic carbocycles. The summed E-state index contributed by atoms with van der Waals surface area (Å²) >= 11 is 0. The van der Waals surface area contributed by atoms with Gasteiger partial charge >= 0.3 is 0 Å². The van der Waals surface area contributed by atoms with Crippen LogP contribution in [0.25, 0.3) is 0 Å². The smallest absolute Gasteiger partial charge is 0.121 e. The van der Waals surface area contributed by atoms with Gasteiger partial charge in [0.15, 0.2) is 0 Å². The second-order valence-corrected chi connectivity index (χ2v) is 3.92. The van der Waals surface area contributed by atoms with Gasteiger partial charge in [0, 0.05) is 6.54 Å². The van der Waals surface area contributed by atoms with E-state index in [4.69, 9.17) is 4.74 Å². The SMILES string of the molecule is COc1ccc(C2CCNC2)cc1C.Cl. The molecule has 1 atom stereocenters. The van der Waals surface area contributed by atoms with Gasteiger partial charge in [-0.1, -0.05) is 12.1 Å². The number of halogens is 1. The Kier molecular flexibility index (Phi) is 4.43. The summed E-state index contributed by atoms with van der Waals surface area (Å²) in [6.45, 7) is 4.37. The topological polar surface area (TPSA) is 21.3 Å². The highest BCUT2D eigenvalue weighted by molar-refractivity contribution is 5.85. The van der Waals surface area contributed by atoms with Crippen LogP contribution in [-0.4, -0.2) is 20.2 Å². The zero-order valence-electron chi connectivity index (χ0n) is 9.25. The molecular formula is C12H18ClNO. The first-order chi connectivity index (χ1) is 6.81. The Morgan fingerprint density at radius 2 is 2.20 bits per heavy atom. The van der Waals surface area contributed by atoms with Gasteiger partial charge in [0.25, 0.3) is 0 Å². The minimum atomic E-state index is 0. The van der Waals surface area contributed by atoms with Crippen molar-refractivity contribution in [3.63, 3.8) is 0 Å². The Morgan fingerprint density at radius 3 is 2.73 bits per heavy atom. The van der Waals surface area contributed by atoms with Gasteiger partial charge in [0.05, 0.1) is 7.11 Å². The number of aryl methyl sites for hydroxylation is 1. The van der Waals surface area contributed by atoms with Gasteiger partial charge in [-0.3, -0.25) is 0 Å². The Labute approximate surface area is 97.4 Å². The molecule has 1 aromatic rings. The number of benzene rings is 1. The second-order valence-electron chi connectivity index (χ2n) is 3.92. The molecule has 1 fully saturated rings. The molecule has 1 unspecified atom stereocenters. The van der Waals surface area contributed by atoms with Gasteiger partial charge in [-0.2, -0.15) is 0 Å². The van der Waals surface area contributed by atoms with Crippen molar-refractivity contribution in [3.8, 4) is 5.75 Å². The third-order valence-corrected chi connectivity index (χ3v) is 2.95. The van der Waals surface area contributed by atoms with Crippen molar-refractivity contribution >= 4 is 12.4 Å². The third kappa shape index (κ3) is 2.64. The van der Waals surface area contributed by atoms with Crippen molar-refractivity contribution in [1.29, 1.82) is 0 Å². The van der Waals surface area contributed by atoms with Crippen LogP contribution in [0.1, 0.15) is 23.5 Å². The van der Waals surface area contributed by atoms with E-state index in [0.717, 1.165) is 18.8 Å². The van der Waals surface area contributed by atoms with Crippen LogP contribution in [0.2, 0.25) is 0 Å². The molecular weight excluding hydrogens is 210 g/mol. The molecule has 1 heterocycles. The summed E-state index contributed by atoms with van der Waals surface area (Å²) < 4.78 is 5.25. The Morgan fingerprint density at radius 1 is 1.40 bits per heavy atom. The van der Waals surface area contributed by atoms with E-state index in [1.807, 2.05) is 0 Å². The highest BCUT2D eigenvalue weighted by Crippen LogP contribution is 2.26. The molecule has 1 saturated heterocycles. The summed E-state index contributed by atoms with van der Waals surface area (Å²) in [6, 6.07) is 6.50. The number of hydrogen-bond acceptors (Lipinski definition) is 2. The van der Waals surface area contributed by atoms with E-state index in [9.17, 15) is 0 Å². The quantitative estimate of drug-likeness (QED) is 0.839. The van der Waals surface area contributed by atoms with E-state index in [1.165, 1.54) is 17.5 Å². The standard InChI is InChI=1S/C12H17NO.ClH/c1-9-7-10(3-4-12(9)14-2)11-5-6-13-8-11;/h3-4,7,11,13H,5-6,8H2,1-2H3;1H. The zero-order chi connectivity index (χ0) is 9.97. The molecule has 3 heteroatoms. The predicted molar refractivity (Wildman–Crippen MR) is 65.2 cm³/mol. The molecule has 0 bridgehead atoms. The minimum absolute atomic E-state index is 0. The second kappa shape index (κ2) is 5.38. The van der Waals surface area contributed by atoms with Crippen LogP contribution in [0.5, 0.6) is 5.75 Å². The molecule has 2 rings (SSSR count). The van der Waals surface area contributed by atoms with Crippen molar-refractivity contribution < 1.29 is 4.74 Å². The number of nitrogens with one attached hydrogen (secondary N) is 1. The monoisotopic (exact) mass is 227 g/mol. The Bertz CT molecular complexity index is 321. The maximum Gasteiger partial charge on any atom is 0.121 e. The van der Waals surface area contributed by atoms with Crippen LogP contribution in [0.3, 0.4) is 0 Å². The molecule has 1 N–H and O–H groups in total.